The van der Waals surface area contributed by atoms with Crippen molar-refractivity contribution >= 4 is 0 Å². The molecule has 94 valence electrons. The van der Waals surface area contributed by atoms with Crippen molar-refractivity contribution in [3.63, 3.8) is 0 Å². The molecule has 1 unspecified atom stereocenters. The van der Waals surface area contributed by atoms with Gasteiger partial charge in [-0.05, 0) is 48.9 Å². The molecule has 0 radical (unpaired) electrons. The van der Waals surface area contributed by atoms with Gasteiger partial charge in [0.15, 0.2) is 0 Å². The molecule has 0 N–H and O–H groups in total. The molecule has 1 aromatic rings. The molecule has 0 bridgehead atoms. The maximum Gasteiger partial charge on any atom is 0.00472 e. The summed E-state index contributed by atoms with van der Waals surface area (Å²) in [7, 11) is 2.23. The molecule has 0 saturated carbocycles. The molecule has 17 heavy (non-hydrogen) atoms. The van der Waals surface area contributed by atoms with Gasteiger partial charge < -0.3 is 4.90 Å². The molecule has 2 rings (SSSR count). The van der Waals surface area contributed by atoms with Crippen LogP contribution >= 0.6 is 0 Å². The van der Waals surface area contributed by atoms with Crippen LogP contribution in [0.1, 0.15) is 50.7 Å². The van der Waals surface area contributed by atoms with E-state index in [0.29, 0.717) is 0 Å². The van der Waals surface area contributed by atoms with Gasteiger partial charge in [0, 0.05) is 6.54 Å². The highest BCUT2D eigenvalue weighted by Crippen LogP contribution is 2.28. The lowest BCUT2D eigenvalue weighted by molar-refractivity contribution is 0.251. The average Bonchev–Trinajstić information content (AvgIpc) is 2.28. The van der Waals surface area contributed by atoms with E-state index < -0.39 is 0 Å². The Morgan fingerprint density at radius 2 is 1.76 bits per heavy atom. The number of hydrogen-bond acceptors (Lipinski definition) is 1. The first kappa shape index (κ1) is 12.6. The summed E-state index contributed by atoms with van der Waals surface area (Å²) < 4.78 is 0. The Balaban J connectivity index is 2.12. The summed E-state index contributed by atoms with van der Waals surface area (Å²) in [5, 5.41) is 0. The number of benzene rings is 1. The SMILES string of the molecule is CN1CCCC(c2ccc(C(C)(C)C)cc2)C1. The van der Waals surface area contributed by atoms with Crippen molar-refractivity contribution in [1.82, 2.24) is 4.90 Å². The van der Waals surface area contributed by atoms with E-state index in [9.17, 15) is 0 Å². The Morgan fingerprint density at radius 3 is 2.29 bits per heavy atom. The third-order valence-electron chi connectivity index (χ3n) is 3.87. The van der Waals surface area contributed by atoms with Crippen LogP contribution in [0.25, 0.3) is 0 Å². The molecule has 1 aromatic carbocycles. The number of likely N-dealkylation sites (tertiary alicyclic amines) is 1. The van der Waals surface area contributed by atoms with Gasteiger partial charge in [-0.25, -0.2) is 0 Å². The van der Waals surface area contributed by atoms with Crippen molar-refractivity contribution in [3.05, 3.63) is 35.4 Å². The lowest BCUT2D eigenvalue weighted by Crippen LogP contribution is -2.30. The van der Waals surface area contributed by atoms with Crippen molar-refractivity contribution in [1.29, 1.82) is 0 Å². The summed E-state index contributed by atoms with van der Waals surface area (Å²) in [6.45, 7) is 9.30. The molecule has 1 aliphatic rings. The van der Waals surface area contributed by atoms with Gasteiger partial charge in [0.1, 0.15) is 0 Å². The van der Waals surface area contributed by atoms with E-state index in [1.165, 1.54) is 37.1 Å². The van der Waals surface area contributed by atoms with E-state index in [0.717, 1.165) is 5.92 Å². The molecule has 0 aliphatic carbocycles. The normalized spacial score (nSPS) is 22.7. The van der Waals surface area contributed by atoms with E-state index >= 15 is 0 Å². The number of likely N-dealkylation sites (N-methyl/N-ethyl adjacent to an activating group) is 1. The van der Waals surface area contributed by atoms with Crippen molar-refractivity contribution < 1.29 is 0 Å². The summed E-state index contributed by atoms with van der Waals surface area (Å²) in [6.07, 6.45) is 2.68. The summed E-state index contributed by atoms with van der Waals surface area (Å²) >= 11 is 0. The smallest absolute Gasteiger partial charge is 0.00472 e. The van der Waals surface area contributed by atoms with Crippen LogP contribution in [-0.4, -0.2) is 25.0 Å². The van der Waals surface area contributed by atoms with Gasteiger partial charge in [0.2, 0.25) is 0 Å². The van der Waals surface area contributed by atoms with Crippen LogP contribution in [0.3, 0.4) is 0 Å². The minimum Gasteiger partial charge on any atom is -0.306 e. The highest BCUT2D eigenvalue weighted by atomic mass is 15.1. The van der Waals surface area contributed by atoms with Crippen LogP contribution in [-0.2, 0) is 5.41 Å². The zero-order valence-corrected chi connectivity index (χ0v) is 11.7. The van der Waals surface area contributed by atoms with Crippen molar-refractivity contribution in [3.8, 4) is 0 Å². The van der Waals surface area contributed by atoms with E-state index in [1.54, 1.807) is 0 Å². The molecule has 0 aromatic heterocycles. The lowest BCUT2D eigenvalue weighted by atomic mass is 9.84. The first-order valence-corrected chi connectivity index (χ1v) is 6.76. The molecule has 1 aliphatic heterocycles. The van der Waals surface area contributed by atoms with Crippen LogP contribution in [0.2, 0.25) is 0 Å². The molecule has 0 spiro atoms. The van der Waals surface area contributed by atoms with Gasteiger partial charge >= 0.3 is 0 Å². The summed E-state index contributed by atoms with van der Waals surface area (Å²) in [6, 6.07) is 9.29. The Morgan fingerprint density at radius 1 is 1.12 bits per heavy atom. The molecule has 1 fully saturated rings. The van der Waals surface area contributed by atoms with Crippen molar-refractivity contribution in [2.75, 3.05) is 20.1 Å². The van der Waals surface area contributed by atoms with Gasteiger partial charge in [0.25, 0.3) is 0 Å². The van der Waals surface area contributed by atoms with Gasteiger partial charge in [-0.3, -0.25) is 0 Å². The molecular weight excluding hydrogens is 206 g/mol. The second-order valence-corrected chi connectivity index (χ2v) is 6.47. The first-order valence-electron chi connectivity index (χ1n) is 6.76. The molecule has 1 nitrogen and oxygen atoms in total. The standard InChI is InChI=1S/C16H25N/c1-16(2,3)15-9-7-13(8-10-15)14-6-5-11-17(4)12-14/h7-10,14H,5-6,11-12H2,1-4H3. The van der Waals surface area contributed by atoms with Crippen molar-refractivity contribution in [2.24, 2.45) is 0 Å². The monoisotopic (exact) mass is 231 g/mol. The summed E-state index contributed by atoms with van der Waals surface area (Å²) in [4.78, 5) is 2.45. The molecular formula is C16H25N. The van der Waals surface area contributed by atoms with Crippen LogP contribution in [0.5, 0.6) is 0 Å². The van der Waals surface area contributed by atoms with Crippen molar-refractivity contribution in [2.45, 2.75) is 44.9 Å². The van der Waals surface area contributed by atoms with Crippen LogP contribution in [0.15, 0.2) is 24.3 Å². The Kier molecular flexibility index (Phi) is 3.58. The van der Waals surface area contributed by atoms with Gasteiger partial charge in [-0.2, -0.15) is 0 Å². The summed E-state index contributed by atoms with van der Waals surface area (Å²) in [5.41, 5.74) is 3.22. The highest BCUT2D eigenvalue weighted by Gasteiger charge is 2.19. The quantitative estimate of drug-likeness (QED) is 0.710. The molecule has 1 heterocycles. The zero-order valence-electron chi connectivity index (χ0n) is 11.7. The summed E-state index contributed by atoms with van der Waals surface area (Å²) in [5.74, 6) is 0.739. The van der Waals surface area contributed by atoms with Gasteiger partial charge in [-0.15, -0.1) is 0 Å². The minimum atomic E-state index is 0.266. The molecule has 1 heteroatoms. The maximum atomic E-state index is 2.45. The largest absolute Gasteiger partial charge is 0.306 e. The average molecular weight is 231 g/mol. The number of piperidine rings is 1. The predicted octanol–water partition coefficient (Wildman–Crippen LogP) is 3.79. The maximum absolute atomic E-state index is 2.45. The van der Waals surface area contributed by atoms with E-state index in [1.807, 2.05) is 0 Å². The number of rotatable bonds is 1. The fourth-order valence-corrected chi connectivity index (χ4v) is 2.69. The lowest BCUT2D eigenvalue weighted by Gasteiger charge is -2.30. The number of nitrogens with zero attached hydrogens (tertiary/aromatic N) is 1. The van der Waals surface area contributed by atoms with E-state index in [4.69, 9.17) is 0 Å². The molecule has 1 atom stereocenters. The van der Waals surface area contributed by atoms with Crippen LogP contribution in [0, 0.1) is 0 Å². The second-order valence-electron chi connectivity index (χ2n) is 6.47. The van der Waals surface area contributed by atoms with Crippen LogP contribution < -0.4 is 0 Å². The first-order chi connectivity index (χ1) is 7.97. The fourth-order valence-electron chi connectivity index (χ4n) is 2.69. The molecule has 1 saturated heterocycles. The topological polar surface area (TPSA) is 3.24 Å². The fraction of sp³-hybridized carbons (Fsp3) is 0.625. The van der Waals surface area contributed by atoms with Crippen LogP contribution in [0.4, 0.5) is 0 Å². The van der Waals surface area contributed by atoms with Gasteiger partial charge in [-0.1, -0.05) is 45.0 Å². The van der Waals surface area contributed by atoms with E-state index in [-0.39, 0.29) is 5.41 Å². The second kappa shape index (κ2) is 4.81. The Bertz CT molecular complexity index is 358. The predicted molar refractivity (Wildman–Crippen MR) is 74.6 cm³/mol. The Labute approximate surface area is 106 Å². The van der Waals surface area contributed by atoms with E-state index in [2.05, 4.69) is 57.0 Å². The Hall–Kier alpha value is -0.820. The highest BCUT2D eigenvalue weighted by molar-refractivity contribution is 5.29. The third-order valence-corrected chi connectivity index (χ3v) is 3.87. The number of hydrogen-bond donors (Lipinski definition) is 0. The zero-order chi connectivity index (χ0) is 12.5. The minimum absolute atomic E-state index is 0.266. The third kappa shape index (κ3) is 3.10. The van der Waals surface area contributed by atoms with Gasteiger partial charge in [0.05, 0.1) is 0 Å². The molecule has 0 amide bonds.